The average molecular weight is 375 g/mol. The molecule has 28 heavy (non-hydrogen) atoms. The van der Waals surface area contributed by atoms with Gasteiger partial charge < -0.3 is 10.2 Å². The van der Waals surface area contributed by atoms with Crippen LogP contribution in [0.4, 0.5) is 5.69 Å². The van der Waals surface area contributed by atoms with Gasteiger partial charge in [0.25, 0.3) is 0 Å². The number of carbonyl (C=O) groups is 1. The molecule has 6 heteroatoms. The predicted molar refractivity (Wildman–Crippen MR) is 108 cm³/mol. The summed E-state index contributed by atoms with van der Waals surface area (Å²) in [5, 5.41) is 12.8. The smallest absolute Gasteiger partial charge is 0.241 e. The molecule has 0 saturated carbocycles. The van der Waals surface area contributed by atoms with Crippen molar-refractivity contribution in [2.45, 2.75) is 25.3 Å². The molecule has 4 rings (SSSR count). The lowest BCUT2D eigenvalue weighted by Crippen LogP contribution is -2.52. The summed E-state index contributed by atoms with van der Waals surface area (Å²) in [6.07, 6.45) is 1.79. The number of nitriles is 1. The molecular formula is C22H25N5O. The number of pyridine rings is 1. The first kappa shape index (κ1) is 18.6. The first-order valence-electron chi connectivity index (χ1n) is 9.73. The van der Waals surface area contributed by atoms with Gasteiger partial charge in [-0.1, -0.05) is 12.1 Å². The summed E-state index contributed by atoms with van der Waals surface area (Å²) in [5.74, 6) is 0.0742. The largest absolute Gasteiger partial charge is 0.312 e. The molecule has 1 saturated heterocycles. The Morgan fingerprint density at radius 3 is 2.96 bits per heavy atom. The second kappa shape index (κ2) is 7.34. The number of piperazine rings is 1. The van der Waals surface area contributed by atoms with Crippen LogP contribution in [0.2, 0.25) is 0 Å². The minimum absolute atomic E-state index is 0.0742. The van der Waals surface area contributed by atoms with E-state index in [4.69, 9.17) is 0 Å². The van der Waals surface area contributed by atoms with E-state index < -0.39 is 5.41 Å². The molecule has 0 aliphatic carbocycles. The van der Waals surface area contributed by atoms with Gasteiger partial charge in [0.15, 0.2) is 0 Å². The quantitative estimate of drug-likeness (QED) is 0.887. The van der Waals surface area contributed by atoms with Gasteiger partial charge >= 0.3 is 0 Å². The lowest BCUT2D eigenvalue weighted by molar-refractivity contribution is -0.120. The second-order valence-electron chi connectivity index (χ2n) is 7.96. The minimum atomic E-state index is -0.392. The zero-order chi connectivity index (χ0) is 19.7. The van der Waals surface area contributed by atoms with Crippen molar-refractivity contribution in [1.29, 1.82) is 5.26 Å². The third-order valence-corrected chi connectivity index (χ3v) is 5.83. The van der Waals surface area contributed by atoms with E-state index in [0.29, 0.717) is 24.7 Å². The number of benzene rings is 1. The molecule has 1 aromatic heterocycles. The first-order chi connectivity index (χ1) is 13.5. The van der Waals surface area contributed by atoms with Gasteiger partial charge in [-0.2, -0.15) is 5.26 Å². The molecule has 2 aliphatic rings. The van der Waals surface area contributed by atoms with E-state index in [1.807, 2.05) is 41.3 Å². The van der Waals surface area contributed by atoms with Gasteiger partial charge in [0.1, 0.15) is 0 Å². The van der Waals surface area contributed by atoms with Gasteiger partial charge in [0.2, 0.25) is 5.91 Å². The highest BCUT2D eigenvalue weighted by Gasteiger charge is 2.43. The summed E-state index contributed by atoms with van der Waals surface area (Å²) in [7, 11) is 0. The van der Waals surface area contributed by atoms with Crippen LogP contribution in [-0.4, -0.2) is 54.6 Å². The zero-order valence-corrected chi connectivity index (χ0v) is 16.4. The molecule has 1 N–H and O–H groups in total. The van der Waals surface area contributed by atoms with Crippen molar-refractivity contribution >= 4 is 11.6 Å². The van der Waals surface area contributed by atoms with Gasteiger partial charge in [0, 0.05) is 44.1 Å². The summed E-state index contributed by atoms with van der Waals surface area (Å²) in [5.41, 5.74) is 2.99. The molecule has 1 amide bonds. The number of fused-ring (bicyclic) bond motifs is 1. The van der Waals surface area contributed by atoms with Crippen molar-refractivity contribution < 1.29 is 4.79 Å². The standard InChI is InChI=1S/C22H25N5O/c1-16-13-26(10-9-24-16)14-21(28)27-15-22(2,20-5-3-4-8-25-20)18-7-6-17(12-23)11-19(18)27/h3-8,11,16,24H,9-10,13-15H2,1-2H3. The van der Waals surface area contributed by atoms with Crippen LogP contribution in [-0.2, 0) is 10.2 Å². The van der Waals surface area contributed by atoms with Crippen molar-refractivity contribution in [3.05, 3.63) is 59.4 Å². The lowest BCUT2D eigenvalue weighted by atomic mass is 9.81. The lowest BCUT2D eigenvalue weighted by Gasteiger charge is -2.32. The molecule has 2 aromatic rings. The summed E-state index contributed by atoms with van der Waals surface area (Å²) < 4.78 is 0. The Kier molecular flexibility index (Phi) is 4.88. The summed E-state index contributed by atoms with van der Waals surface area (Å²) >= 11 is 0. The molecule has 1 aromatic carbocycles. The number of carbonyl (C=O) groups excluding carboxylic acids is 1. The summed E-state index contributed by atoms with van der Waals surface area (Å²) in [6, 6.07) is 14.1. The SMILES string of the molecule is CC1CN(CC(=O)N2CC(C)(c3ccccn3)c3ccc(C#N)cc32)CCN1. The maximum atomic E-state index is 13.3. The molecule has 2 unspecified atom stereocenters. The number of anilines is 1. The van der Waals surface area contributed by atoms with Crippen LogP contribution in [0, 0.1) is 11.3 Å². The van der Waals surface area contributed by atoms with E-state index in [9.17, 15) is 10.1 Å². The highest BCUT2D eigenvalue weighted by Crippen LogP contribution is 2.44. The Balaban J connectivity index is 1.67. The Hall–Kier alpha value is -2.75. The molecule has 3 heterocycles. The monoisotopic (exact) mass is 375 g/mol. The fourth-order valence-corrected chi connectivity index (χ4v) is 4.34. The van der Waals surface area contributed by atoms with Crippen molar-refractivity contribution in [2.75, 3.05) is 37.6 Å². The number of amides is 1. The number of nitrogens with one attached hydrogen (secondary N) is 1. The molecule has 144 valence electrons. The normalized spacial score (nSPS) is 24.6. The highest BCUT2D eigenvalue weighted by molar-refractivity contribution is 5.98. The van der Waals surface area contributed by atoms with E-state index in [-0.39, 0.29) is 5.91 Å². The molecule has 2 atom stereocenters. The van der Waals surface area contributed by atoms with E-state index >= 15 is 0 Å². The molecule has 0 radical (unpaired) electrons. The predicted octanol–water partition coefficient (Wildman–Crippen LogP) is 1.90. The first-order valence-corrected chi connectivity index (χ1v) is 9.73. The van der Waals surface area contributed by atoms with Gasteiger partial charge in [-0.15, -0.1) is 0 Å². The third kappa shape index (κ3) is 3.28. The molecule has 1 fully saturated rings. The van der Waals surface area contributed by atoms with Gasteiger partial charge in [0.05, 0.1) is 29.3 Å². The fraction of sp³-hybridized carbons (Fsp3) is 0.409. The van der Waals surface area contributed by atoms with E-state index in [2.05, 4.69) is 35.1 Å². The van der Waals surface area contributed by atoms with Gasteiger partial charge in [-0.3, -0.25) is 14.7 Å². The molecular weight excluding hydrogens is 350 g/mol. The van der Waals surface area contributed by atoms with Crippen LogP contribution in [0.3, 0.4) is 0 Å². The summed E-state index contributed by atoms with van der Waals surface area (Å²) in [4.78, 5) is 21.9. The highest BCUT2D eigenvalue weighted by atomic mass is 16.2. The van der Waals surface area contributed by atoms with Crippen molar-refractivity contribution in [1.82, 2.24) is 15.2 Å². The molecule has 6 nitrogen and oxygen atoms in total. The maximum absolute atomic E-state index is 13.3. The number of hydrogen-bond donors (Lipinski definition) is 1. The molecule has 2 aliphatic heterocycles. The number of nitrogens with zero attached hydrogens (tertiary/aromatic N) is 4. The van der Waals surface area contributed by atoms with Crippen LogP contribution < -0.4 is 10.2 Å². The number of hydrogen-bond acceptors (Lipinski definition) is 5. The van der Waals surface area contributed by atoms with Crippen LogP contribution in [0.5, 0.6) is 0 Å². The van der Waals surface area contributed by atoms with E-state index in [1.165, 1.54) is 0 Å². The molecule has 0 bridgehead atoms. The number of rotatable bonds is 3. The Bertz CT molecular complexity index is 922. The van der Waals surface area contributed by atoms with Gasteiger partial charge in [-0.25, -0.2) is 0 Å². The Labute approximate surface area is 165 Å². The average Bonchev–Trinajstić information content (AvgIpc) is 3.02. The maximum Gasteiger partial charge on any atom is 0.241 e. The Morgan fingerprint density at radius 2 is 2.25 bits per heavy atom. The van der Waals surface area contributed by atoms with Crippen molar-refractivity contribution in [3.63, 3.8) is 0 Å². The molecule has 0 spiro atoms. The van der Waals surface area contributed by atoms with E-state index in [1.54, 1.807) is 6.20 Å². The van der Waals surface area contributed by atoms with Gasteiger partial charge in [-0.05, 0) is 43.7 Å². The Morgan fingerprint density at radius 1 is 1.39 bits per heavy atom. The van der Waals surface area contributed by atoms with Crippen LogP contribution >= 0.6 is 0 Å². The van der Waals surface area contributed by atoms with Crippen LogP contribution in [0.15, 0.2) is 42.6 Å². The third-order valence-electron chi connectivity index (χ3n) is 5.83. The van der Waals surface area contributed by atoms with Crippen molar-refractivity contribution in [3.8, 4) is 6.07 Å². The fourth-order valence-electron chi connectivity index (χ4n) is 4.34. The number of aromatic nitrogens is 1. The second-order valence-corrected chi connectivity index (χ2v) is 7.96. The summed E-state index contributed by atoms with van der Waals surface area (Å²) in [6.45, 7) is 7.82. The van der Waals surface area contributed by atoms with E-state index in [0.717, 1.165) is 36.6 Å². The minimum Gasteiger partial charge on any atom is -0.312 e. The van der Waals surface area contributed by atoms with Crippen LogP contribution in [0.1, 0.15) is 30.7 Å². The van der Waals surface area contributed by atoms with Crippen molar-refractivity contribution in [2.24, 2.45) is 0 Å². The topological polar surface area (TPSA) is 72.3 Å². The zero-order valence-electron chi connectivity index (χ0n) is 16.4. The van der Waals surface area contributed by atoms with Crippen LogP contribution in [0.25, 0.3) is 0 Å².